The van der Waals surface area contributed by atoms with Gasteiger partial charge >= 0.3 is 0 Å². The summed E-state index contributed by atoms with van der Waals surface area (Å²) in [5, 5.41) is 0. The summed E-state index contributed by atoms with van der Waals surface area (Å²) < 4.78 is 0. The fourth-order valence-electron chi connectivity index (χ4n) is 1.67. The summed E-state index contributed by atoms with van der Waals surface area (Å²) in [7, 11) is 0. The molecule has 0 bridgehead atoms. The molecule has 0 aromatic heterocycles. The van der Waals surface area contributed by atoms with Crippen molar-refractivity contribution in [2.45, 2.75) is 59.8 Å². The summed E-state index contributed by atoms with van der Waals surface area (Å²) in [4.78, 5) is 0. The van der Waals surface area contributed by atoms with Crippen molar-refractivity contribution < 1.29 is 0 Å². The van der Waals surface area contributed by atoms with E-state index in [1.165, 1.54) is 43.3 Å². The zero-order chi connectivity index (χ0) is 12.4. The van der Waals surface area contributed by atoms with E-state index in [0.717, 1.165) is 11.7 Å². The largest absolute Gasteiger partial charge is 0.179 e. The fraction of sp³-hybridized carbons (Fsp3) is 0.733. The third kappa shape index (κ3) is 10.4. The second-order valence-electron chi connectivity index (χ2n) is 5.07. The molecule has 0 spiro atoms. The molecule has 16 heavy (non-hydrogen) atoms. The fourth-order valence-corrected chi connectivity index (χ4v) is 2.11. The van der Waals surface area contributed by atoms with Gasteiger partial charge in [0.25, 0.3) is 0 Å². The number of rotatable bonds is 8. The first-order chi connectivity index (χ1) is 7.56. The SMILES string of the molecule is CC(C)=CCC/C(C)=C/CCC(C)CCS. The Kier molecular flexibility index (Phi) is 9.91. The molecule has 1 heteroatoms. The van der Waals surface area contributed by atoms with Gasteiger partial charge in [-0.1, -0.05) is 30.2 Å². The Morgan fingerprint density at radius 2 is 1.75 bits per heavy atom. The van der Waals surface area contributed by atoms with Gasteiger partial charge in [-0.2, -0.15) is 12.6 Å². The highest BCUT2D eigenvalue weighted by molar-refractivity contribution is 7.80. The van der Waals surface area contributed by atoms with Crippen LogP contribution in [0.5, 0.6) is 0 Å². The van der Waals surface area contributed by atoms with E-state index >= 15 is 0 Å². The smallest absolute Gasteiger partial charge is 0.00954 e. The Morgan fingerprint density at radius 1 is 1.06 bits per heavy atom. The molecule has 94 valence electrons. The normalized spacial score (nSPS) is 13.7. The molecule has 0 amide bonds. The van der Waals surface area contributed by atoms with Crippen molar-refractivity contribution >= 4 is 12.6 Å². The monoisotopic (exact) mass is 240 g/mol. The van der Waals surface area contributed by atoms with Gasteiger partial charge in [0, 0.05) is 0 Å². The molecule has 0 nitrogen and oxygen atoms in total. The third-order valence-corrected chi connectivity index (χ3v) is 3.12. The quantitative estimate of drug-likeness (QED) is 0.425. The van der Waals surface area contributed by atoms with Crippen LogP contribution in [0.15, 0.2) is 23.3 Å². The average Bonchev–Trinajstić information content (AvgIpc) is 2.17. The molecule has 0 aliphatic heterocycles. The predicted octanol–water partition coefficient (Wildman–Crippen LogP) is 5.42. The maximum absolute atomic E-state index is 4.27. The second kappa shape index (κ2) is 10.0. The molecule has 0 saturated carbocycles. The Bertz CT molecular complexity index is 222. The van der Waals surface area contributed by atoms with Crippen LogP contribution < -0.4 is 0 Å². The first kappa shape index (κ1) is 15.8. The first-order valence-electron chi connectivity index (χ1n) is 6.46. The van der Waals surface area contributed by atoms with Crippen molar-refractivity contribution in [2.75, 3.05) is 5.75 Å². The Labute approximate surface area is 108 Å². The van der Waals surface area contributed by atoms with Gasteiger partial charge in [0.1, 0.15) is 0 Å². The molecule has 0 aromatic rings. The van der Waals surface area contributed by atoms with E-state index in [0.29, 0.717) is 0 Å². The molecule has 0 N–H and O–H groups in total. The standard InChI is InChI=1S/C15H28S/c1-13(2)7-5-8-14(3)9-6-10-15(4)11-12-16/h7,9,15-16H,5-6,8,10-12H2,1-4H3/b14-9+. The van der Waals surface area contributed by atoms with Gasteiger partial charge in [-0.05, 0) is 64.5 Å². The lowest BCUT2D eigenvalue weighted by Crippen LogP contribution is -1.94. The zero-order valence-corrected chi connectivity index (χ0v) is 12.3. The molecule has 0 aliphatic rings. The van der Waals surface area contributed by atoms with Crippen molar-refractivity contribution in [1.82, 2.24) is 0 Å². The zero-order valence-electron chi connectivity index (χ0n) is 11.4. The second-order valence-corrected chi connectivity index (χ2v) is 5.51. The van der Waals surface area contributed by atoms with Gasteiger partial charge in [0.2, 0.25) is 0 Å². The Balaban J connectivity index is 3.66. The van der Waals surface area contributed by atoms with Crippen LogP contribution in [0.2, 0.25) is 0 Å². The van der Waals surface area contributed by atoms with Crippen LogP contribution in [0.3, 0.4) is 0 Å². The minimum absolute atomic E-state index is 0.819. The van der Waals surface area contributed by atoms with Crippen molar-refractivity contribution in [3.05, 3.63) is 23.3 Å². The molecule has 1 atom stereocenters. The van der Waals surface area contributed by atoms with Gasteiger partial charge in [-0.25, -0.2) is 0 Å². The van der Waals surface area contributed by atoms with Crippen LogP contribution in [0, 0.1) is 5.92 Å². The van der Waals surface area contributed by atoms with Crippen LogP contribution in [-0.4, -0.2) is 5.75 Å². The van der Waals surface area contributed by atoms with Crippen LogP contribution in [0.25, 0.3) is 0 Å². The molecule has 1 unspecified atom stereocenters. The van der Waals surface area contributed by atoms with Gasteiger partial charge in [0.15, 0.2) is 0 Å². The molecule has 0 heterocycles. The summed E-state index contributed by atoms with van der Waals surface area (Å²) in [6.07, 6.45) is 10.9. The topological polar surface area (TPSA) is 0 Å². The third-order valence-electron chi connectivity index (χ3n) is 2.87. The van der Waals surface area contributed by atoms with Gasteiger partial charge in [0.05, 0.1) is 0 Å². The lowest BCUT2D eigenvalue weighted by atomic mass is 10.0. The van der Waals surface area contributed by atoms with Crippen molar-refractivity contribution in [1.29, 1.82) is 0 Å². The number of thiol groups is 1. The Morgan fingerprint density at radius 3 is 2.31 bits per heavy atom. The molecule has 0 saturated heterocycles. The molecule has 0 rings (SSSR count). The highest BCUT2D eigenvalue weighted by atomic mass is 32.1. The molecular weight excluding hydrogens is 212 g/mol. The number of hydrogen-bond donors (Lipinski definition) is 1. The van der Waals surface area contributed by atoms with Crippen molar-refractivity contribution in [3.63, 3.8) is 0 Å². The highest BCUT2D eigenvalue weighted by Crippen LogP contribution is 2.14. The number of allylic oxidation sites excluding steroid dienone is 4. The van der Waals surface area contributed by atoms with Crippen LogP contribution in [-0.2, 0) is 0 Å². The van der Waals surface area contributed by atoms with E-state index in [9.17, 15) is 0 Å². The highest BCUT2D eigenvalue weighted by Gasteiger charge is 1.98. The van der Waals surface area contributed by atoms with Gasteiger partial charge in [-0.15, -0.1) is 0 Å². The maximum atomic E-state index is 4.27. The summed E-state index contributed by atoms with van der Waals surface area (Å²) in [5.41, 5.74) is 2.96. The lowest BCUT2D eigenvalue weighted by Gasteiger charge is -2.07. The maximum Gasteiger partial charge on any atom is -0.00954 e. The minimum atomic E-state index is 0.819. The van der Waals surface area contributed by atoms with E-state index in [-0.39, 0.29) is 0 Å². The summed E-state index contributed by atoms with van der Waals surface area (Å²) in [6.45, 7) is 8.90. The summed E-state index contributed by atoms with van der Waals surface area (Å²) in [6, 6.07) is 0. The molecular formula is C15H28S. The van der Waals surface area contributed by atoms with E-state index < -0.39 is 0 Å². The van der Waals surface area contributed by atoms with Crippen LogP contribution in [0.1, 0.15) is 59.8 Å². The number of hydrogen-bond acceptors (Lipinski definition) is 1. The van der Waals surface area contributed by atoms with E-state index in [1.54, 1.807) is 0 Å². The molecule has 0 fully saturated rings. The lowest BCUT2D eigenvalue weighted by molar-refractivity contribution is 0.525. The first-order valence-corrected chi connectivity index (χ1v) is 7.09. The average molecular weight is 240 g/mol. The summed E-state index contributed by atoms with van der Waals surface area (Å²) in [5.74, 6) is 1.84. The van der Waals surface area contributed by atoms with Gasteiger partial charge in [-0.3, -0.25) is 0 Å². The molecule has 0 aromatic carbocycles. The van der Waals surface area contributed by atoms with E-state index in [2.05, 4.69) is 52.5 Å². The van der Waals surface area contributed by atoms with Crippen LogP contribution in [0.4, 0.5) is 0 Å². The molecule has 0 aliphatic carbocycles. The van der Waals surface area contributed by atoms with E-state index in [4.69, 9.17) is 0 Å². The molecule has 0 radical (unpaired) electrons. The van der Waals surface area contributed by atoms with Crippen LogP contribution >= 0.6 is 12.6 Å². The minimum Gasteiger partial charge on any atom is -0.179 e. The van der Waals surface area contributed by atoms with E-state index in [1.807, 2.05) is 0 Å². The Hall–Kier alpha value is -0.170. The van der Waals surface area contributed by atoms with Gasteiger partial charge < -0.3 is 0 Å². The van der Waals surface area contributed by atoms with Crippen molar-refractivity contribution in [3.8, 4) is 0 Å². The predicted molar refractivity (Wildman–Crippen MR) is 79.3 cm³/mol. The summed E-state index contributed by atoms with van der Waals surface area (Å²) >= 11 is 4.27. The van der Waals surface area contributed by atoms with Crippen molar-refractivity contribution in [2.24, 2.45) is 5.92 Å².